The minimum Gasteiger partial charge on any atom is -0.462 e. The van der Waals surface area contributed by atoms with Crippen LogP contribution in [0.15, 0.2) is 26.1 Å². The molecule has 9 heteroatoms. The topological polar surface area (TPSA) is 103 Å². The fraction of sp³-hybridized carbons (Fsp3) is 0.286. The van der Waals surface area contributed by atoms with E-state index in [1.54, 1.807) is 18.4 Å². The number of nitrogens with one attached hydrogen (secondary N) is 1. The van der Waals surface area contributed by atoms with Crippen molar-refractivity contribution in [2.45, 2.75) is 25.0 Å². The van der Waals surface area contributed by atoms with E-state index in [2.05, 4.69) is 4.72 Å². The Morgan fingerprint density at radius 2 is 2.04 bits per heavy atom. The number of esters is 1. The molecule has 7 nitrogen and oxygen atoms in total. The first-order valence-electron chi connectivity index (χ1n) is 6.65. The molecule has 1 N–H and O–H groups in total. The van der Waals surface area contributed by atoms with Crippen molar-refractivity contribution >= 4 is 39.0 Å². The van der Waals surface area contributed by atoms with Gasteiger partial charge in [-0.1, -0.05) is 6.07 Å². The number of thiophene rings is 1. The number of aryl methyl sites for hydroxylation is 1. The maximum Gasteiger partial charge on any atom is 0.344 e. The Labute approximate surface area is 137 Å². The van der Waals surface area contributed by atoms with Crippen molar-refractivity contribution < 1.29 is 27.2 Å². The van der Waals surface area contributed by atoms with Crippen LogP contribution >= 0.6 is 11.3 Å². The van der Waals surface area contributed by atoms with Gasteiger partial charge < -0.3 is 9.15 Å². The molecule has 0 amide bonds. The van der Waals surface area contributed by atoms with Crippen molar-refractivity contribution in [3.63, 3.8) is 0 Å². The highest BCUT2D eigenvalue weighted by Gasteiger charge is 2.30. The lowest BCUT2D eigenvalue weighted by Gasteiger charge is -2.06. The van der Waals surface area contributed by atoms with Gasteiger partial charge in [0, 0.05) is 0 Å². The number of carbonyl (C=O) groups excluding carboxylic acids is 2. The third-order valence-corrected chi connectivity index (χ3v) is 5.63. The van der Waals surface area contributed by atoms with Gasteiger partial charge in [-0.3, -0.25) is 4.79 Å². The average Bonchev–Trinajstić information content (AvgIpc) is 3.06. The van der Waals surface area contributed by atoms with E-state index in [-0.39, 0.29) is 33.6 Å². The summed E-state index contributed by atoms with van der Waals surface area (Å²) in [7, 11) is -3.91. The highest BCUT2D eigenvalue weighted by atomic mass is 32.2. The second-order valence-electron chi connectivity index (χ2n) is 4.55. The Bertz CT molecular complexity index is 833. The molecule has 0 bridgehead atoms. The van der Waals surface area contributed by atoms with E-state index in [1.807, 2.05) is 0 Å². The van der Waals surface area contributed by atoms with Gasteiger partial charge in [0.15, 0.2) is 5.78 Å². The van der Waals surface area contributed by atoms with Gasteiger partial charge in [0.1, 0.15) is 15.5 Å². The molecule has 124 valence electrons. The van der Waals surface area contributed by atoms with Gasteiger partial charge in [-0.15, -0.1) is 11.3 Å². The molecule has 2 aromatic rings. The van der Waals surface area contributed by atoms with Crippen LogP contribution in [0, 0.1) is 6.92 Å². The normalized spacial score (nSPS) is 11.3. The molecule has 23 heavy (non-hydrogen) atoms. The predicted octanol–water partition coefficient (Wildman–Crippen LogP) is 2.83. The van der Waals surface area contributed by atoms with Crippen LogP contribution in [0.25, 0.3) is 0 Å². The molecule has 0 aromatic carbocycles. The molecule has 0 atom stereocenters. The number of rotatable bonds is 6. The van der Waals surface area contributed by atoms with Crippen LogP contribution in [0.3, 0.4) is 0 Å². The number of carbonyl (C=O) groups is 2. The van der Waals surface area contributed by atoms with Crippen LogP contribution < -0.4 is 4.72 Å². The first-order chi connectivity index (χ1) is 10.8. The van der Waals surface area contributed by atoms with E-state index in [0.29, 0.717) is 0 Å². The Morgan fingerprint density at radius 3 is 2.57 bits per heavy atom. The fourth-order valence-electron chi connectivity index (χ4n) is 2.03. The fourth-order valence-corrected chi connectivity index (χ4v) is 4.02. The summed E-state index contributed by atoms with van der Waals surface area (Å²) < 4.78 is 37.0. The summed E-state index contributed by atoms with van der Waals surface area (Å²) in [6.07, 6.45) is 0. The number of ether oxygens (including phenoxy) is 1. The highest BCUT2D eigenvalue weighted by Crippen LogP contribution is 2.31. The first-order valence-corrected chi connectivity index (χ1v) is 9.02. The molecule has 2 aromatic heterocycles. The third kappa shape index (κ3) is 3.45. The van der Waals surface area contributed by atoms with Crippen LogP contribution in [-0.4, -0.2) is 26.8 Å². The molecular weight excluding hydrogens is 342 g/mol. The molecule has 2 heterocycles. The predicted molar refractivity (Wildman–Crippen MR) is 84.5 cm³/mol. The second-order valence-corrected chi connectivity index (χ2v) is 7.41. The van der Waals surface area contributed by atoms with E-state index < -0.39 is 21.8 Å². The standard InChI is InChI=1S/C14H15NO6S2/c1-4-20-14(17)12-11(8(2)16)9(3)21-13(12)15-23(18,19)10-6-5-7-22-10/h5-7,15H,4H2,1-3H3. The van der Waals surface area contributed by atoms with Crippen molar-refractivity contribution in [3.8, 4) is 0 Å². The van der Waals surface area contributed by atoms with E-state index in [0.717, 1.165) is 11.3 Å². The molecule has 0 radical (unpaired) electrons. The number of furan rings is 1. The molecule has 0 aliphatic heterocycles. The molecule has 0 spiro atoms. The minimum atomic E-state index is -3.91. The minimum absolute atomic E-state index is 0.00679. The summed E-state index contributed by atoms with van der Waals surface area (Å²) in [5, 5.41) is 1.61. The van der Waals surface area contributed by atoms with Crippen molar-refractivity contribution in [2.75, 3.05) is 11.3 Å². The third-order valence-electron chi connectivity index (χ3n) is 2.90. The molecule has 0 unspecified atom stereocenters. The Kier molecular flexibility index (Phi) is 4.90. The van der Waals surface area contributed by atoms with Gasteiger partial charge >= 0.3 is 5.97 Å². The second kappa shape index (κ2) is 6.55. The van der Waals surface area contributed by atoms with Crippen molar-refractivity contribution in [1.82, 2.24) is 0 Å². The summed E-state index contributed by atoms with van der Waals surface area (Å²) in [5.41, 5.74) is -0.204. The average molecular weight is 357 g/mol. The van der Waals surface area contributed by atoms with E-state index >= 15 is 0 Å². The van der Waals surface area contributed by atoms with Crippen molar-refractivity contribution in [2.24, 2.45) is 0 Å². The van der Waals surface area contributed by atoms with Gasteiger partial charge in [0.05, 0.1) is 12.2 Å². The summed E-state index contributed by atoms with van der Waals surface area (Å²) >= 11 is 1.02. The van der Waals surface area contributed by atoms with Gasteiger partial charge in [-0.05, 0) is 32.2 Å². The number of sulfonamides is 1. The molecular formula is C14H15NO6S2. The Balaban J connectivity index is 2.53. The van der Waals surface area contributed by atoms with Gasteiger partial charge in [0.2, 0.25) is 5.88 Å². The zero-order valence-corrected chi connectivity index (χ0v) is 14.3. The van der Waals surface area contributed by atoms with Crippen LogP contribution in [0.4, 0.5) is 5.88 Å². The maximum absolute atomic E-state index is 12.3. The van der Waals surface area contributed by atoms with Crippen LogP contribution in [0.1, 0.15) is 40.3 Å². The monoisotopic (exact) mass is 357 g/mol. The molecule has 0 fully saturated rings. The van der Waals surface area contributed by atoms with Crippen molar-refractivity contribution in [3.05, 3.63) is 34.4 Å². The van der Waals surface area contributed by atoms with Gasteiger partial charge in [-0.2, -0.15) is 0 Å². The Morgan fingerprint density at radius 1 is 1.35 bits per heavy atom. The van der Waals surface area contributed by atoms with E-state index in [9.17, 15) is 18.0 Å². The van der Waals surface area contributed by atoms with Crippen molar-refractivity contribution in [1.29, 1.82) is 0 Å². The van der Waals surface area contributed by atoms with E-state index in [4.69, 9.17) is 9.15 Å². The lowest BCUT2D eigenvalue weighted by Crippen LogP contribution is -2.16. The number of Topliss-reactive ketones (excluding diaryl/α,β-unsaturated/α-hetero) is 1. The summed E-state index contributed by atoms with van der Waals surface area (Å²) in [4.78, 5) is 23.9. The smallest absolute Gasteiger partial charge is 0.344 e. The Hall–Kier alpha value is -2.13. The molecule has 0 aliphatic rings. The maximum atomic E-state index is 12.3. The molecule has 2 rings (SSSR count). The number of anilines is 1. The first kappa shape index (κ1) is 17.2. The molecule has 0 saturated carbocycles. The van der Waals surface area contributed by atoms with Crippen LogP contribution in [0.5, 0.6) is 0 Å². The quantitative estimate of drug-likeness (QED) is 0.630. The SMILES string of the molecule is CCOC(=O)c1c(NS(=O)(=O)c2cccs2)oc(C)c1C(C)=O. The molecule has 0 saturated heterocycles. The van der Waals surface area contributed by atoms with E-state index in [1.165, 1.54) is 19.9 Å². The highest BCUT2D eigenvalue weighted by molar-refractivity contribution is 7.94. The lowest BCUT2D eigenvalue weighted by molar-refractivity contribution is 0.0524. The van der Waals surface area contributed by atoms with Crippen LogP contribution in [0.2, 0.25) is 0 Å². The van der Waals surface area contributed by atoms with Crippen LogP contribution in [-0.2, 0) is 14.8 Å². The zero-order chi connectivity index (χ0) is 17.2. The van der Waals surface area contributed by atoms with Gasteiger partial charge in [0.25, 0.3) is 10.0 Å². The molecule has 0 aliphatic carbocycles. The summed E-state index contributed by atoms with van der Waals surface area (Å²) in [6.45, 7) is 4.42. The lowest BCUT2D eigenvalue weighted by atomic mass is 10.1. The largest absolute Gasteiger partial charge is 0.462 e. The number of hydrogen-bond acceptors (Lipinski definition) is 7. The summed E-state index contributed by atoms with van der Waals surface area (Å²) in [5.74, 6) is -1.42. The van der Waals surface area contributed by atoms with Gasteiger partial charge in [-0.25, -0.2) is 17.9 Å². The summed E-state index contributed by atoms with van der Waals surface area (Å²) in [6, 6.07) is 3.00. The number of hydrogen-bond donors (Lipinski definition) is 1. The zero-order valence-electron chi connectivity index (χ0n) is 12.7. The number of ketones is 1.